The highest BCUT2D eigenvalue weighted by Crippen LogP contribution is 2.33. The molecule has 150 valence electrons. The molecule has 0 spiro atoms. The largest absolute Gasteiger partial charge is 0.337 e. The summed E-state index contributed by atoms with van der Waals surface area (Å²) in [4.78, 5) is 31.5. The zero-order valence-corrected chi connectivity index (χ0v) is 16.4. The normalized spacial score (nSPS) is 20.3. The van der Waals surface area contributed by atoms with E-state index in [0.717, 1.165) is 16.7 Å². The predicted molar refractivity (Wildman–Crippen MR) is 106 cm³/mol. The Balaban J connectivity index is 1.38. The lowest BCUT2D eigenvalue weighted by atomic mass is 10.1. The smallest absolute Gasteiger partial charge is 0.263 e. The van der Waals surface area contributed by atoms with Gasteiger partial charge in [0.2, 0.25) is 11.7 Å². The van der Waals surface area contributed by atoms with Gasteiger partial charge in [0.05, 0.1) is 5.69 Å². The van der Waals surface area contributed by atoms with Crippen LogP contribution in [0.15, 0.2) is 63.4 Å². The Morgan fingerprint density at radius 3 is 2.57 bits per heavy atom. The fraction of sp³-hybridized carbons (Fsp3) is 0.238. The first-order valence-corrected chi connectivity index (χ1v) is 9.53. The first-order chi connectivity index (χ1) is 14.5. The number of carbonyl (C=O) groups excluding carboxylic acids is 2. The number of nitrogens with zero attached hydrogens (tertiary/aromatic N) is 6. The van der Waals surface area contributed by atoms with E-state index in [0.29, 0.717) is 17.4 Å². The number of carbonyl (C=O) groups is 2. The first kappa shape index (κ1) is 18.2. The van der Waals surface area contributed by atoms with Crippen molar-refractivity contribution in [3.63, 3.8) is 0 Å². The average molecular weight is 402 g/mol. The zero-order valence-electron chi connectivity index (χ0n) is 16.4. The van der Waals surface area contributed by atoms with Crippen LogP contribution in [0, 0.1) is 13.8 Å². The fourth-order valence-electron chi connectivity index (χ4n) is 3.64. The molecule has 0 saturated carbocycles. The second-order valence-corrected chi connectivity index (χ2v) is 7.35. The standard InChI is InChI=1S/C21H18N6O3/c1-12-8-9-15(10-13(12)2)27-20(28)17-18(21(27)29)26(25-23-17)11-16-22-19(24-30-16)14-6-4-3-5-7-14/h3-10,17-18H,11H2,1-2H3/t17-,18-/m0/s1. The van der Waals surface area contributed by atoms with E-state index in [-0.39, 0.29) is 18.4 Å². The summed E-state index contributed by atoms with van der Waals surface area (Å²) in [5, 5.41) is 13.5. The van der Waals surface area contributed by atoms with Gasteiger partial charge >= 0.3 is 0 Å². The molecule has 9 heteroatoms. The van der Waals surface area contributed by atoms with Crippen molar-refractivity contribution in [1.29, 1.82) is 0 Å². The Morgan fingerprint density at radius 1 is 1.00 bits per heavy atom. The number of fused-ring (bicyclic) bond motifs is 1. The summed E-state index contributed by atoms with van der Waals surface area (Å²) in [6.45, 7) is 4.01. The molecule has 3 aromatic rings. The van der Waals surface area contributed by atoms with Crippen molar-refractivity contribution in [3.8, 4) is 11.4 Å². The van der Waals surface area contributed by atoms with Gasteiger partial charge in [-0.25, -0.2) is 4.90 Å². The molecule has 2 atom stereocenters. The maximum Gasteiger partial charge on any atom is 0.263 e. The molecular weight excluding hydrogens is 384 g/mol. The second kappa shape index (κ2) is 6.87. The maximum absolute atomic E-state index is 13.1. The summed E-state index contributed by atoms with van der Waals surface area (Å²) >= 11 is 0. The Labute approximate surface area is 172 Å². The predicted octanol–water partition coefficient (Wildman–Crippen LogP) is 2.85. The Hall–Kier alpha value is -3.88. The zero-order chi connectivity index (χ0) is 20.8. The van der Waals surface area contributed by atoms with Crippen LogP contribution in [0.1, 0.15) is 17.0 Å². The molecule has 0 radical (unpaired) electrons. The minimum Gasteiger partial charge on any atom is -0.337 e. The third-order valence-corrected chi connectivity index (χ3v) is 5.40. The van der Waals surface area contributed by atoms with Gasteiger partial charge in [-0.2, -0.15) is 10.1 Å². The lowest BCUT2D eigenvalue weighted by Crippen LogP contribution is -2.39. The molecule has 0 aliphatic carbocycles. The van der Waals surface area contributed by atoms with E-state index in [4.69, 9.17) is 4.52 Å². The van der Waals surface area contributed by atoms with Crippen LogP contribution in [-0.2, 0) is 16.1 Å². The Kier molecular flexibility index (Phi) is 4.16. The van der Waals surface area contributed by atoms with Crippen molar-refractivity contribution >= 4 is 17.5 Å². The SMILES string of the molecule is Cc1ccc(N2C(=O)[C@H]3N=NN(Cc4nc(-c5ccccc5)no4)[C@@H]3C2=O)cc1C. The number of aromatic nitrogens is 2. The second-order valence-electron chi connectivity index (χ2n) is 7.35. The molecule has 1 saturated heterocycles. The number of aryl methyl sites for hydroxylation is 2. The average Bonchev–Trinajstić information content (AvgIpc) is 3.44. The van der Waals surface area contributed by atoms with Gasteiger partial charge in [-0.05, 0) is 37.1 Å². The van der Waals surface area contributed by atoms with Crippen LogP contribution in [0.5, 0.6) is 0 Å². The number of hydrogen-bond donors (Lipinski definition) is 0. The monoisotopic (exact) mass is 402 g/mol. The van der Waals surface area contributed by atoms with Crippen molar-refractivity contribution in [2.24, 2.45) is 10.3 Å². The minimum atomic E-state index is -0.865. The molecule has 3 heterocycles. The van der Waals surface area contributed by atoms with Gasteiger partial charge in [-0.15, -0.1) is 0 Å². The molecule has 30 heavy (non-hydrogen) atoms. The van der Waals surface area contributed by atoms with Gasteiger partial charge < -0.3 is 4.52 Å². The van der Waals surface area contributed by atoms with Crippen molar-refractivity contribution in [2.75, 3.05) is 4.90 Å². The van der Waals surface area contributed by atoms with E-state index in [2.05, 4.69) is 20.5 Å². The summed E-state index contributed by atoms with van der Waals surface area (Å²) < 4.78 is 5.32. The van der Waals surface area contributed by atoms with E-state index in [9.17, 15) is 9.59 Å². The van der Waals surface area contributed by atoms with E-state index >= 15 is 0 Å². The lowest BCUT2D eigenvalue weighted by Gasteiger charge is -2.19. The summed E-state index contributed by atoms with van der Waals surface area (Å²) in [5.74, 6) is -0.00161. The van der Waals surface area contributed by atoms with Gasteiger partial charge in [0.25, 0.3) is 11.8 Å². The molecule has 9 nitrogen and oxygen atoms in total. The van der Waals surface area contributed by atoms with Crippen molar-refractivity contribution in [2.45, 2.75) is 32.5 Å². The van der Waals surface area contributed by atoms with Crippen LogP contribution in [0.25, 0.3) is 11.4 Å². The molecule has 5 rings (SSSR count). The summed E-state index contributed by atoms with van der Waals surface area (Å²) in [6, 6.07) is 13.2. The highest BCUT2D eigenvalue weighted by molar-refractivity contribution is 6.25. The van der Waals surface area contributed by atoms with Crippen LogP contribution < -0.4 is 4.90 Å². The highest BCUT2D eigenvalue weighted by Gasteiger charge is 2.55. The fourth-order valence-corrected chi connectivity index (χ4v) is 3.64. The van der Waals surface area contributed by atoms with Crippen LogP contribution in [0.4, 0.5) is 5.69 Å². The van der Waals surface area contributed by atoms with Crippen LogP contribution >= 0.6 is 0 Å². The van der Waals surface area contributed by atoms with Gasteiger partial charge in [-0.1, -0.05) is 46.8 Å². The maximum atomic E-state index is 13.1. The number of benzene rings is 2. The molecule has 2 amide bonds. The van der Waals surface area contributed by atoms with E-state index in [1.807, 2.05) is 56.3 Å². The molecule has 2 aliphatic heterocycles. The first-order valence-electron chi connectivity index (χ1n) is 9.53. The van der Waals surface area contributed by atoms with E-state index < -0.39 is 12.1 Å². The third-order valence-electron chi connectivity index (χ3n) is 5.40. The topological polar surface area (TPSA) is 104 Å². The summed E-state index contributed by atoms with van der Waals surface area (Å²) in [6.07, 6.45) is 0. The summed E-state index contributed by atoms with van der Waals surface area (Å²) in [5.41, 5.74) is 3.45. The number of rotatable bonds is 4. The van der Waals surface area contributed by atoms with Crippen molar-refractivity contribution < 1.29 is 14.1 Å². The molecule has 0 N–H and O–H groups in total. The van der Waals surface area contributed by atoms with Crippen LogP contribution in [0.3, 0.4) is 0 Å². The van der Waals surface area contributed by atoms with Crippen molar-refractivity contribution in [3.05, 3.63) is 65.5 Å². The van der Waals surface area contributed by atoms with Gasteiger partial charge in [0, 0.05) is 5.56 Å². The molecule has 0 bridgehead atoms. The van der Waals surface area contributed by atoms with E-state index in [1.54, 1.807) is 6.07 Å². The Morgan fingerprint density at radius 2 is 1.80 bits per heavy atom. The molecule has 2 aromatic carbocycles. The summed E-state index contributed by atoms with van der Waals surface area (Å²) in [7, 11) is 0. The molecule has 1 aromatic heterocycles. The van der Waals surface area contributed by atoms with Crippen LogP contribution in [-0.4, -0.2) is 39.0 Å². The van der Waals surface area contributed by atoms with E-state index in [1.165, 1.54) is 9.91 Å². The van der Waals surface area contributed by atoms with Gasteiger partial charge in [0.1, 0.15) is 6.54 Å². The van der Waals surface area contributed by atoms with Crippen molar-refractivity contribution in [1.82, 2.24) is 15.1 Å². The number of hydrogen-bond acceptors (Lipinski definition) is 8. The molecule has 1 fully saturated rings. The van der Waals surface area contributed by atoms with Gasteiger partial charge in [-0.3, -0.25) is 14.6 Å². The highest BCUT2D eigenvalue weighted by atomic mass is 16.5. The Bertz CT molecular complexity index is 1170. The number of amides is 2. The lowest BCUT2D eigenvalue weighted by molar-refractivity contribution is -0.123. The minimum absolute atomic E-state index is 0.0876. The molecular formula is C21H18N6O3. The number of anilines is 1. The quantitative estimate of drug-likeness (QED) is 0.622. The third kappa shape index (κ3) is 2.86. The molecule has 2 aliphatic rings. The number of imide groups is 1. The molecule has 0 unspecified atom stereocenters. The van der Waals surface area contributed by atoms with Crippen LogP contribution in [0.2, 0.25) is 0 Å². The van der Waals surface area contributed by atoms with Gasteiger partial charge in [0.15, 0.2) is 12.1 Å².